The van der Waals surface area contributed by atoms with Crippen LogP contribution in [0, 0.1) is 0 Å². The molecular weight excluding hydrogens is 340 g/mol. The van der Waals surface area contributed by atoms with Crippen LogP contribution < -0.4 is 0 Å². The maximum absolute atomic E-state index is 13.1. The van der Waals surface area contributed by atoms with Crippen LogP contribution in [0.15, 0.2) is 89.8 Å². The van der Waals surface area contributed by atoms with Crippen LogP contribution >= 0.6 is 11.6 Å². The fourth-order valence-electron chi connectivity index (χ4n) is 2.38. The molecule has 0 amide bonds. The van der Waals surface area contributed by atoms with Gasteiger partial charge in [0.25, 0.3) is 0 Å². The van der Waals surface area contributed by atoms with Crippen molar-refractivity contribution in [3.8, 4) is 0 Å². The average molecular weight is 355 g/mol. The summed E-state index contributed by atoms with van der Waals surface area (Å²) in [5.41, 5.74) is 1.29. The highest BCUT2D eigenvalue weighted by Gasteiger charge is 2.22. The molecule has 3 aromatic carbocycles. The lowest BCUT2D eigenvalue weighted by Gasteiger charge is -2.11. The SMILES string of the molecule is O=S(=O)(/C(=C/c1ccccc1Cl)c1ccccc1)c1ccccc1. The third kappa shape index (κ3) is 3.42. The number of rotatable bonds is 4. The molecule has 0 aliphatic heterocycles. The topological polar surface area (TPSA) is 34.1 Å². The molecule has 2 nitrogen and oxygen atoms in total. The van der Waals surface area contributed by atoms with Gasteiger partial charge in [0.15, 0.2) is 0 Å². The normalized spacial score (nSPS) is 12.1. The first-order chi connectivity index (χ1) is 11.6. The Morgan fingerprint density at radius 3 is 1.92 bits per heavy atom. The fourth-order valence-corrected chi connectivity index (χ4v) is 4.07. The van der Waals surface area contributed by atoms with Crippen molar-refractivity contribution in [2.24, 2.45) is 0 Å². The van der Waals surface area contributed by atoms with Crippen LogP contribution in [0.25, 0.3) is 11.0 Å². The van der Waals surface area contributed by atoms with E-state index in [4.69, 9.17) is 11.6 Å². The van der Waals surface area contributed by atoms with Gasteiger partial charge >= 0.3 is 0 Å². The van der Waals surface area contributed by atoms with Gasteiger partial charge in [-0.25, -0.2) is 8.42 Å². The fraction of sp³-hybridized carbons (Fsp3) is 0. The summed E-state index contributed by atoms with van der Waals surface area (Å²) in [7, 11) is -3.67. The van der Waals surface area contributed by atoms with Crippen molar-refractivity contribution >= 4 is 32.4 Å². The first-order valence-corrected chi connectivity index (χ1v) is 9.27. The molecule has 3 aromatic rings. The summed E-state index contributed by atoms with van der Waals surface area (Å²) in [6.45, 7) is 0. The molecule has 4 heteroatoms. The second kappa shape index (κ2) is 7.04. The van der Waals surface area contributed by atoms with Gasteiger partial charge in [-0.15, -0.1) is 0 Å². The highest BCUT2D eigenvalue weighted by molar-refractivity contribution is 8.00. The lowest BCUT2D eigenvalue weighted by molar-refractivity contribution is 0.606. The van der Waals surface area contributed by atoms with E-state index in [-0.39, 0.29) is 9.80 Å². The van der Waals surface area contributed by atoms with Crippen molar-refractivity contribution in [3.05, 3.63) is 101 Å². The molecule has 0 radical (unpaired) electrons. The summed E-state index contributed by atoms with van der Waals surface area (Å²) < 4.78 is 26.3. The van der Waals surface area contributed by atoms with E-state index in [1.807, 2.05) is 30.3 Å². The summed E-state index contributed by atoms with van der Waals surface area (Å²) in [6.07, 6.45) is 1.62. The molecule has 3 rings (SSSR count). The summed E-state index contributed by atoms with van der Waals surface area (Å²) in [5.74, 6) is 0. The van der Waals surface area contributed by atoms with E-state index in [2.05, 4.69) is 0 Å². The number of hydrogen-bond acceptors (Lipinski definition) is 2. The zero-order chi connectivity index (χ0) is 17.0. The van der Waals surface area contributed by atoms with Crippen LogP contribution in [0.3, 0.4) is 0 Å². The predicted octanol–water partition coefficient (Wildman–Crippen LogP) is 5.31. The minimum absolute atomic E-state index is 0.224. The Bertz CT molecular complexity index is 963. The molecule has 0 heterocycles. The number of hydrogen-bond donors (Lipinski definition) is 0. The molecule has 0 aliphatic rings. The molecule has 0 aromatic heterocycles. The van der Waals surface area contributed by atoms with Gasteiger partial charge in [-0.1, -0.05) is 78.3 Å². The van der Waals surface area contributed by atoms with Gasteiger partial charge in [-0.05, 0) is 35.4 Å². The first-order valence-electron chi connectivity index (χ1n) is 7.41. The van der Waals surface area contributed by atoms with Crippen molar-refractivity contribution in [2.45, 2.75) is 4.90 Å². The lowest BCUT2D eigenvalue weighted by atomic mass is 10.1. The van der Waals surface area contributed by atoms with E-state index >= 15 is 0 Å². The van der Waals surface area contributed by atoms with E-state index in [1.165, 1.54) is 0 Å². The minimum Gasteiger partial charge on any atom is -0.218 e. The Kier molecular flexibility index (Phi) is 4.84. The van der Waals surface area contributed by atoms with E-state index in [1.54, 1.807) is 60.7 Å². The highest BCUT2D eigenvalue weighted by Crippen LogP contribution is 2.31. The maximum Gasteiger partial charge on any atom is 0.207 e. The third-order valence-electron chi connectivity index (χ3n) is 3.59. The van der Waals surface area contributed by atoms with Crippen LogP contribution in [0.2, 0.25) is 5.02 Å². The molecule has 120 valence electrons. The van der Waals surface area contributed by atoms with Crippen LogP contribution in [-0.2, 0) is 9.84 Å². The monoisotopic (exact) mass is 354 g/mol. The molecule has 0 aliphatic carbocycles. The van der Waals surface area contributed by atoms with Crippen LogP contribution in [-0.4, -0.2) is 8.42 Å². The zero-order valence-electron chi connectivity index (χ0n) is 12.8. The largest absolute Gasteiger partial charge is 0.218 e. The van der Waals surface area contributed by atoms with Gasteiger partial charge in [0.05, 0.1) is 9.80 Å². The molecule has 0 atom stereocenters. The van der Waals surface area contributed by atoms with Crippen molar-refractivity contribution in [2.75, 3.05) is 0 Å². The molecule has 24 heavy (non-hydrogen) atoms. The molecule has 0 spiro atoms. The molecule has 0 bridgehead atoms. The van der Waals surface area contributed by atoms with Crippen molar-refractivity contribution in [1.82, 2.24) is 0 Å². The van der Waals surface area contributed by atoms with E-state index in [0.717, 1.165) is 0 Å². The molecule has 0 saturated carbocycles. The Morgan fingerprint density at radius 2 is 1.29 bits per heavy atom. The smallest absolute Gasteiger partial charge is 0.207 e. The minimum atomic E-state index is -3.67. The number of halogens is 1. The predicted molar refractivity (Wildman–Crippen MR) is 99.4 cm³/mol. The van der Waals surface area contributed by atoms with Crippen LogP contribution in [0.1, 0.15) is 11.1 Å². The van der Waals surface area contributed by atoms with Crippen LogP contribution in [0.4, 0.5) is 0 Å². The first kappa shape index (κ1) is 16.5. The zero-order valence-corrected chi connectivity index (χ0v) is 14.3. The Morgan fingerprint density at radius 1 is 0.750 bits per heavy atom. The lowest BCUT2D eigenvalue weighted by Crippen LogP contribution is -2.04. The molecular formula is C20H15ClO2S. The Hall–Kier alpha value is -2.36. The molecule has 0 fully saturated rings. The Balaban J connectivity index is 2.23. The number of benzene rings is 3. The summed E-state index contributed by atoms with van der Waals surface area (Å²) in [5, 5.41) is 0.509. The number of sulfone groups is 1. The maximum atomic E-state index is 13.1. The van der Waals surface area contributed by atoms with Crippen LogP contribution in [0.5, 0.6) is 0 Å². The van der Waals surface area contributed by atoms with Gasteiger partial charge < -0.3 is 0 Å². The standard InChI is InChI=1S/C20H15ClO2S/c21-19-14-8-7-11-17(19)15-20(16-9-3-1-4-10-16)24(22,23)18-12-5-2-6-13-18/h1-15H/b20-15+. The second-order valence-corrected chi connectivity index (χ2v) is 7.54. The van der Waals surface area contributed by atoms with Gasteiger partial charge in [0, 0.05) is 5.02 Å². The van der Waals surface area contributed by atoms with Gasteiger partial charge in [-0.2, -0.15) is 0 Å². The van der Waals surface area contributed by atoms with Gasteiger partial charge in [0.2, 0.25) is 9.84 Å². The van der Waals surface area contributed by atoms with E-state index < -0.39 is 9.84 Å². The molecule has 0 saturated heterocycles. The second-order valence-electron chi connectivity index (χ2n) is 5.21. The van der Waals surface area contributed by atoms with E-state index in [0.29, 0.717) is 16.1 Å². The Labute approximate surface area is 147 Å². The molecule has 0 N–H and O–H groups in total. The highest BCUT2D eigenvalue weighted by atomic mass is 35.5. The van der Waals surface area contributed by atoms with E-state index in [9.17, 15) is 8.42 Å². The summed E-state index contributed by atoms with van der Waals surface area (Å²) >= 11 is 6.21. The van der Waals surface area contributed by atoms with Gasteiger partial charge in [-0.3, -0.25) is 0 Å². The summed E-state index contributed by atoms with van der Waals surface area (Å²) in [6, 6.07) is 24.6. The average Bonchev–Trinajstić information content (AvgIpc) is 2.62. The van der Waals surface area contributed by atoms with Crippen molar-refractivity contribution in [3.63, 3.8) is 0 Å². The quantitative estimate of drug-likeness (QED) is 0.595. The summed E-state index contributed by atoms with van der Waals surface area (Å²) in [4.78, 5) is 0.481. The van der Waals surface area contributed by atoms with Gasteiger partial charge in [0.1, 0.15) is 0 Å². The third-order valence-corrected chi connectivity index (χ3v) is 5.76. The van der Waals surface area contributed by atoms with Crippen molar-refractivity contribution < 1.29 is 8.42 Å². The molecule has 0 unspecified atom stereocenters. The van der Waals surface area contributed by atoms with Crippen molar-refractivity contribution in [1.29, 1.82) is 0 Å².